The molecule has 148 valence electrons. The Balaban J connectivity index is 1.61. The molecule has 0 radical (unpaired) electrons. The van der Waals surface area contributed by atoms with Crippen LogP contribution in [0.5, 0.6) is 5.75 Å². The van der Waals surface area contributed by atoms with E-state index in [9.17, 15) is 9.59 Å². The Morgan fingerprint density at radius 2 is 1.86 bits per heavy atom. The molecule has 2 amide bonds. The second-order valence-electron chi connectivity index (χ2n) is 6.73. The molecule has 3 rings (SSSR count). The molecular weight excluding hydrogens is 356 g/mol. The second kappa shape index (κ2) is 9.90. The zero-order valence-electron chi connectivity index (χ0n) is 16.1. The molecule has 0 fully saturated rings. The van der Waals surface area contributed by atoms with Crippen molar-refractivity contribution in [2.45, 2.75) is 25.7 Å². The van der Waals surface area contributed by atoms with E-state index in [1.165, 1.54) is 17.5 Å². The van der Waals surface area contributed by atoms with Crippen molar-refractivity contribution in [3.8, 4) is 5.75 Å². The van der Waals surface area contributed by atoms with Crippen LogP contribution >= 0.6 is 0 Å². The largest absolute Gasteiger partial charge is 0.483 e. The second-order valence-corrected chi connectivity index (χ2v) is 6.73. The molecule has 0 aromatic heterocycles. The zero-order valence-corrected chi connectivity index (χ0v) is 16.1. The van der Waals surface area contributed by atoms with Crippen LogP contribution in [-0.2, 0) is 22.4 Å². The number of carbonyl (C=O) groups excluding carboxylic acids is 2. The lowest BCUT2D eigenvalue weighted by molar-refractivity contribution is -0.118. The summed E-state index contributed by atoms with van der Waals surface area (Å²) < 4.78 is 10.7. The Kier molecular flexibility index (Phi) is 7.03. The van der Waals surface area contributed by atoms with Gasteiger partial charge in [-0.15, -0.1) is 0 Å². The van der Waals surface area contributed by atoms with E-state index in [4.69, 9.17) is 9.47 Å². The van der Waals surface area contributed by atoms with Crippen molar-refractivity contribution in [1.29, 1.82) is 0 Å². The molecule has 1 aliphatic rings. The molecule has 2 aromatic rings. The van der Waals surface area contributed by atoms with Gasteiger partial charge in [0.15, 0.2) is 6.61 Å². The maximum atomic E-state index is 12.4. The Morgan fingerprint density at radius 1 is 1.04 bits per heavy atom. The molecule has 0 heterocycles. The summed E-state index contributed by atoms with van der Waals surface area (Å²) in [5, 5.41) is 5.54. The SMILES string of the molecule is COCCNC(=O)c1ccccc1NC(=O)COc1cccc2c1CCCC2. The van der Waals surface area contributed by atoms with Crippen molar-refractivity contribution in [2.24, 2.45) is 0 Å². The van der Waals surface area contributed by atoms with E-state index in [0.29, 0.717) is 24.4 Å². The molecule has 0 saturated heterocycles. The van der Waals surface area contributed by atoms with Crippen molar-refractivity contribution in [1.82, 2.24) is 5.32 Å². The van der Waals surface area contributed by atoms with Crippen LogP contribution in [-0.4, -0.2) is 38.7 Å². The van der Waals surface area contributed by atoms with Gasteiger partial charge in [-0.05, 0) is 55.0 Å². The number of rotatable bonds is 8. The number of hydrogen-bond donors (Lipinski definition) is 2. The molecule has 0 saturated carbocycles. The molecule has 2 aromatic carbocycles. The maximum absolute atomic E-state index is 12.4. The number of aryl methyl sites for hydroxylation is 1. The van der Waals surface area contributed by atoms with Gasteiger partial charge in [0, 0.05) is 13.7 Å². The minimum Gasteiger partial charge on any atom is -0.483 e. The molecule has 0 bridgehead atoms. The van der Waals surface area contributed by atoms with E-state index in [2.05, 4.69) is 16.7 Å². The summed E-state index contributed by atoms with van der Waals surface area (Å²) in [5.74, 6) is 0.217. The summed E-state index contributed by atoms with van der Waals surface area (Å²) in [4.78, 5) is 24.7. The van der Waals surface area contributed by atoms with Gasteiger partial charge in [0.2, 0.25) is 0 Å². The standard InChI is InChI=1S/C22H26N2O4/c1-27-14-13-23-22(26)18-10-4-5-11-19(18)24-21(25)15-28-20-12-6-8-16-7-2-3-9-17(16)20/h4-6,8,10-12H,2-3,7,9,13-15H2,1H3,(H,23,26)(H,24,25). The van der Waals surface area contributed by atoms with Gasteiger partial charge in [0.05, 0.1) is 17.9 Å². The van der Waals surface area contributed by atoms with Crippen LogP contribution in [0.1, 0.15) is 34.3 Å². The van der Waals surface area contributed by atoms with Crippen molar-refractivity contribution >= 4 is 17.5 Å². The third-order valence-corrected chi connectivity index (χ3v) is 4.75. The highest BCUT2D eigenvalue weighted by Gasteiger charge is 2.16. The van der Waals surface area contributed by atoms with Crippen LogP contribution in [0.25, 0.3) is 0 Å². The van der Waals surface area contributed by atoms with Crippen molar-refractivity contribution in [2.75, 3.05) is 32.2 Å². The first kappa shape index (κ1) is 19.9. The van der Waals surface area contributed by atoms with Crippen molar-refractivity contribution in [3.63, 3.8) is 0 Å². The Bertz CT molecular complexity index is 835. The minimum atomic E-state index is -0.300. The van der Waals surface area contributed by atoms with Crippen LogP contribution in [0.3, 0.4) is 0 Å². The lowest BCUT2D eigenvalue weighted by Gasteiger charge is -2.19. The van der Waals surface area contributed by atoms with E-state index in [0.717, 1.165) is 25.0 Å². The average molecular weight is 382 g/mol. The maximum Gasteiger partial charge on any atom is 0.262 e. The summed E-state index contributed by atoms with van der Waals surface area (Å²) in [6.07, 6.45) is 4.38. The molecule has 0 aliphatic heterocycles. The summed E-state index contributed by atoms with van der Waals surface area (Å²) >= 11 is 0. The van der Waals surface area contributed by atoms with E-state index in [-0.39, 0.29) is 18.4 Å². The Morgan fingerprint density at radius 3 is 2.71 bits per heavy atom. The summed E-state index contributed by atoms with van der Waals surface area (Å²) in [6.45, 7) is 0.728. The van der Waals surface area contributed by atoms with Crippen molar-refractivity contribution < 1.29 is 19.1 Å². The van der Waals surface area contributed by atoms with Gasteiger partial charge in [0.25, 0.3) is 11.8 Å². The number of nitrogens with one attached hydrogen (secondary N) is 2. The number of ether oxygens (including phenoxy) is 2. The first-order chi connectivity index (χ1) is 13.7. The molecule has 0 atom stereocenters. The number of anilines is 1. The fourth-order valence-electron chi connectivity index (χ4n) is 3.36. The van der Waals surface area contributed by atoms with Gasteiger partial charge in [-0.2, -0.15) is 0 Å². The fourth-order valence-corrected chi connectivity index (χ4v) is 3.36. The zero-order chi connectivity index (χ0) is 19.8. The van der Waals surface area contributed by atoms with Gasteiger partial charge in [-0.25, -0.2) is 0 Å². The molecule has 28 heavy (non-hydrogen) atoms. The fraction of sp³-hybridized carbons (Fsp3) is 0.364. The first-order valence-electron chi connectivity index (χ1n) is 9.58. The quantitative estimate of drug-likeness (QED) is 0.688. The predicted molar refractivity (Wildman–Crippen MR) is 108 cm³/mol. The van der Waals surface area contributed by atoms with Crippen LogP contribution in [0.15, 0.2) is 42.5 Å². The van der Waals surface area contributed by atoms with Crippen molar-refractivity contribution in [3.05, 3.63) is 59.2 Å². The molecule has 1 aliphatic carbocycles. The topological polar surface area (TPSA) is 76.7 Å². The number of methoxy groups -OCH3 is 1. The van der Waals surface area contributed by atoms with E-state index < -0.39 is 0 Å². The minimum absolute atomic E-state index is 0.101. The van der Waals surface area contributed by atoms with Gasteiger partial charge in [0.1, 0.15) is 5.75 Å². The highest BCUT2D eigenvalue weighted by molar-refractivity contribution is 6.04. The molecule has 6 heteroatoms. The normalized spacial score (nSPS) is 12.8. The number of hydrogen-bond acceptors (Lipinski definition) is 4. The van der Waals surface area contributed by atoms with Gasteiger partial charge < -0.3 is 20.1 Å². The molecule has 0 spiro atoms. The number of carbonyl (C=O) groups is 2. The van der Waals surface area contributed by atoms with Crippen LogP contribution in [0.2, 0.25) is 0 Å². The van der Waals surface area contributed by atoms with E-state index in [1.807, 2.05) is 12.1 Å². The molecule has 6 nitrogen and oxygen atoms in total. The smallest absolute Gasteiger partial charge is 0.262 e. The van der Waals surface area contributed by atoms with E-state index in [1.54, 1.807) is 31.4 Å². The lowest BCUT2D eigenvalue weighted by Crippen LogP contribution is -2.29. The number of fused-ring (bicyclic) bond motifs is 1. The number of amides is 2. The highest BCUT2D eigenvalue weighted by Crippen LogP contribution is 2.29. The Hall–Kier alpha value is -2.86. The van der Waals surface area contributed by atoms with Gasteiger partial charge in [-0.3, -0.25) is 9.59 Å². The van der Waals surface area contributed by atoms with Crippen LogP contribution < -0.4 is 15.4 Å². The van der Waals surface area contributed by atoms with Crippen LogP contribution in [0, 0.1) is 0 Å². The predicted octanol–water partition coefficient (Wildman–Crippen LogP) is 2.96. The monoisotopic (exact) mass is 382 g/mol. The van der Waals surface area contributed by atoms with E-state index >= 15 is 0 Å². The third kappa shape index (κ3) is 5.10. The molecular formula is C22H26N2O4. The van der Waals surface area contributed by atoms with Gasteiger partial charge in [-0.1, -0.05) is 24.3 Å². The molecule has 2 N–H and O–H groups in total. The summed E-state index contributed by atoms with van der Waals surface area (Å²) in [7, 11) is 1.57. The highest BCUT2D eigenvalue weighted by atomic mass is 16.5. The van der Waals surface area contributed by atoms with Crippen LogP contribution in [0.4, 0.5) is 5.69 Å². The first-order valence-corrected chi connectivity index (χ1v) is 9.58. The Labute approximate surface area is 165 Å². The summed E-state index contributed by atoms with van der Waals surface area (Å²) in [5.41, 5.74) is 3.38. The number of para-hydroxylation sites is 1. The number of benzene rings is 2. The molecule has 0 unspecified atom stereocenters. The lowest BCUT2D eigenvalue weighted by atomic mass is 9.91. The van der Waals surface area contributed by atoms with Gasteiger partial charge >= 0.3 is 0 Å². The average Bonchev–Trinajstić information content (AvgIpc) is 2.72. The summed E-state index contributed by atoms with van der Waals surface area (Å²) in [6, 6.07) is 12.9. The third-order valence-electron chi connectivity index (χ3n) is 4.75.